The van der Waals surface area contributed by atoms with Crippen LogP contribution in [-0.4, -0.2) is 38.4 Å². The van der Waals surface area contributed by atoms with Crippen molar-refractivity contribution in [3.05, 3.63) is 60.3 Å². The average Bonchev–Trinajstić information content (AvgIpc) is 3.24. The van der Waals surface area contributed by atoms with Crippen LogP contribution in [-0.2, 0) is 13.5 Å². The molecule has 1 aliphatic heterocycles. The molecule has 1 atom stereocenters. The van der Waals surface area contributed by atoms with Crippen molar-refractivity contribution in [2.75, 3.05) is 13.1 Å². The molecule has 3 aromatic rings. The predicted octanol–water partition coefficient (Wildman–Crippen LogP) is 2.67. The van der Waals surface area contributed by atoms with Crippen molar-refractivity contribution in [3.8, 4) is 0 Å². The number of carbonyl (C=O) groups is 1. The second-order valence-electron chi connectivity index (χ2n) is 6.52. The van der Waals surface area contributed by atoms with E-state index in [1.54, 1.807) is 12.5 Å². The molecule has 1 aliphatic rings. The summed E-state index contributed by atoms with van der Waals surface area (Å²) in [6.45, 7) is 1.61. The molecule has 122 valence electrons. The Kier molecular flexibility index (Phi) is 3.76. The highest BCUT2D eigenvalue weighted by atomic mass is 16.2. The number of benzene rings is 1. The fourth-order valence-corrected chi connectivity index (χ4v) is 3.51. The van der Waals surface area contributed by atoms with Crippen LogP contribution in [0, 0.1) is 5.92 Å². The quantitative estimate of drug-likeness (QED) is 0.745. The molecule has 1 fully saturated rings. The van der Waals surface area contributed by atoms with Crippen LogP contribution in [0.25, 0.3) is 10.9 Å². The summed E-state index contributed by atoms with van der Waals surface area (Å²) in [7, 11) is 1.88. The van der Waals surface area contributed by atoms with E-state index in [9.17, 15) is 4.79 Å². The summed E-state index contributed by atoms with van der Waals surface area (Å²) in [5.41, 5.74) is 2.89. The van der Waals surface area contributed by atoms with Gasteiger partial charge in [0.25, 0.3) is 5.91 Å². The van der Waals surface area contributed by atoms with Crippen LogP contribution in [0.1, 0.15) is 22.5 Å². The monoisotopic (exact) mass is 320 g/mol. The molecule has 3 heterocycles. The van der Waals surface area contributed by atoms with E-state index in [1.165, 1.54) is 10.9 Å². The third-order valence-corrected chi connectivity index (χ3v) is 4.74. The Morgan fingerprint density at radius 3 is 2.96 bits per heavy atom. The number of hydrogen-bond acceptors (Lipinski definition) is 3. The lowest BCUT2D eigenvalue weighted by Gasteiger charge is -2.15. The molecule has 5 nitrogen and oxygen atoms in total. The van der Waals surface area contributed by atoms with Crippen LogP contribution in [0.5, 0.6) is 0 Å². The number of imidazole rings is 1. The minimum absolute atomic E-state index is 0.0395. The molecule has 4 rings (SSSR count). The smallest absolute Gasteiger partial charge is 0.274 e. The Bertz CT molecular complexity index is 880. The van der Waals surface area contributed by atoms with Crippen LogP contribution in [0.3, 0.4) is 0 Å². The maximum absolute atomic E-state index is 12.5. The van der Waals surface area contributed by atoms with Gasteiger partial charge in [0.15, 0.2) is 0 Å². The van der Waals surface area contributed by atoms with Crippen molar-refractivity contribution in [1.29, 1.82) is 0 Å². The number of likely N-dealkylation sites (tertiary alicyclic amines) is 1. The molecule has 0 unspecified atom stereocenters. The Labute approximate surface area is 140 Å². The summed E-state index contributed by atoms with van der Waals surface area (Å²) in [5, 5.41) is 1.22. The van der Waals surface area contributed by atoms with E-state index in [0.717, 1.165) is 31.4 Å². The molecule has 0 radical (unpaired) electrons. The highest BCUT2D eigenvalue weighted by Crippen LogP contribution is 2.25. The largest absolute Gasteiger partial charge is 0.340 e. The highest BCUT2D eigenvalue weighted by Gasteiger charge is 2.28. The zero-order valence-corrected chi connectivity index (χ0v) is 13.7. The Balaban J connectivity index is 1.48. The van der Waals surface area contributed by atoms with E-state index in [-0.39, 0.29) is 5.91 Å². The molecular weight excluding hydrogens is 300 g/mol. The Morgan fingerprint density at radius 2 is 2.12 bits per heavy atom. The highest BCUT2D eigenvalue weighted by molar-refractivity contribution is 5.92. The summed E-state index contributed by atoms with van der Waals surface area (Å²) >= 11 is 0. The standard InChI is InChI=1S/C19H20N4O/c1-22-12-18(21-13-22)19(24)23-9-7-14(11-23)10-15-6-8-20-17-5-3-2-4-16(15)17/h2-6,8,12-14H,7,9-11H2,1H3/t14-/m1/s1. The third kappa shape index (κ3) is 2.77. The Hall–Kier alpha value is -2.69. The number of para-hydroxylation sites is 1. The van der Waals surface area contributed by atoms with Crippen LogP contribution >= 0.6 is 0 Å². The number of aromatic nitrogens is 3. The first-order chi connectivity index (χ1) is 11.7. The molecule has 1 amide bonds. The SMILES string of the molecule is Cn1cnc(C(=O)N2CC[C@H](Cc3ccnc4ccccc34)C2)c1. The molecule has 0 bridgehead atoms. The number of amides is 1. The summed E-state index contributed by atoms with van der Waals surface area (Å²) in [5.74, 6) is 0.529. The van der Waals surface area contributed by atoms with Crippen molar-refractivity contribution in [2.24, 2.45) is 13.0 Å². The molecule has 0 aliphatic carbocycles. The van der Waals surface area contributed by atoms with Gasteiger partial charge in [0.05, 0.1) is 11.8 Å². The van der Waals surface area contributed by atoms with Gasteiger partial charge in [0, 0.05) is 37.9 Å². The molecule has 24 heavy (non-hydrogen) atoms. The number of rotatable bonds is 3. The van der Waals surface area contributed by atoms with Gasteiger partial charge in [-0.25, -0.2) is 4.98 Å². The van der Waals surface area contributed by atoms with Crippen LogP contribution < -0.4 is 0 Å². The van der Waals surface area contributed by atoms with Gasteiger partial charge in [-0.1, -0.05) is 18.2 Å². The van der Waals surface area contributed by atoms with Gasteiger partial charge in [-0.2, -0.15) is 0 Å². The van der Waals surface area contributed by atoms with E-state index >= 15 is 0 Å². The first-order valence-electron chi connectivity index (χ1n) is 8.30. The van der Waals surface area contributed by atoms with Crippen LogP contribution in [0.2, 0.25) is 0 Å². The number of pyridine rings is 1. The summed E-state index contributed by atoms with van der Waals surface area (Å²) in [6, 6.07) is 10.3. The molecule has 1 aromatic carbocycles. The topological polar surface area (TPSA) is 51.0 Å². The Morgan fingerprint density at radius 1 is 1.25 bits per heavy atom. The fraction of sp³-hybridized carbons (Fsp3) is 0.316. The third-order valence-electron chi connectivity index (χ3n) is 4.74. The number of fused-ring (bicyclic) bond motifs is 1. The van der Waals surface area contributed by atoms with E-state index in [2.05, 4.69) is 28.2 Å². The molecule has 0 N–H and O–H groups in total. The second-order valence-corrected chi connectivity index (χ2v) is 6.52. The number of hydrogen-bond donors (Lipinski definition) is 0. The fourth-order valence-electron chi connectivity index (χ4n) is 3.51. The molecular formula is C19H20N4O. The van der Waals surface area contributed by atoms with E-state index in [1.807, 2.05) is 34.8 Å². The van der Waals surface area contributed by atoms with E-state index in [0.29, 0.717) is 11.6 Å². The first-order valence-corrected chi connectivity index (χ1v) is 8.30. The van der Waals surface area contributed by atoms with Crippen molar-refractivity contribution < 1.29 is 4.79 Å². The summed E-state index contributed by atoms with van der Waals surface area (Å²) < 4.78 is 1.81. The van der Waals surface area contributed by atoms with Gasteiger partial charge in [0.2, 0.25) is 0 Å². The minimum atomic E-state index is 0.0395. The lowest BCUT2D eigenvalue weighted by atomic mass is 9.96. The van der Waals surface area contributed by atoms with Gasteiger partial charge in [-0.3, -0.25) is 9.78 Å². The van der Waals surface area contributed by atoms with Gasteiger partial charge in [-0.15, -0.1) is 0 Å². The summed E-state index contributed by atoms with van der Waals surface area (Å²) in [4.78, 5) is 23.0. The van der Waals surface area contributed by atoms with Gasteiger partial charge in [-0.05, 0) is 36.5 Å². The minimum Gasteiger partial charge on any atom is -0.340 e. The molecule has 5 heteroatoms. The number of carbonyl (C=O) groups excluding carboxylic acids is 1. The molecule has 1 saturated heterocycles. The lowest BCUT2D eigenvalue weighted by Crippen LogP contribution is -2.29. The molecule has 0 spiro atoms. The van der Waals surface area contributed by atoms with Gasteiger partial charge >= 0.3 is 0 Å². The van der Waals surface area contributed by atoms with E-state index < -0.39 is 0 Å². The number of aryl methyl sites for hydroxylation is 1. The van der Waals surface area contributed by atoms with Crippen molar-refractivity contribution in [1.82, 2.24) is 19.4 Å². The maximum Gasteiger partial charge on any atom is 0.274 e. The zero-order chi connectivity index (χ0) is 16.5. The van der Waals surface area contributed by atoms with Gasteiger partial charge < -0.3 is 9.47 Å². The lowest BCUT2D eigenvalue weighted by molar-refractivity contribution is 0.0782. The van der Waals surface area contributed by atoms with Crippen LogP contribution in [0.4, 0.5) is 0 Å². The summed E-state index contributed by atoms with van der Waals surface area (Å²) in [6.07, 6.45) is 7.35. The molecule has 2 aromatic heterocycles. The molecule has 0 saturated carbocycles. The van der Waals surface area contributed by atoms with E-state index in [4.69, 9.17) is 0 Å². The predicted molar refractivity (Wildman–Crippen MR) is 92.7 cm³/mol. The van der Waals surface area contributed by atoms with Crippen molar-refractivity contribution in [2.45, 2.75) is 12.8 Å². The number of nitrogens with zero attached hydrogens (tertiary/aromatic N) is 4. The van der Waals surface area contributed by atoms with Gasteiger partial charge in [0.1, 0.15) is 5.69 Å². The van der Waals surface area contributed by atoms with Crippen molar-refractivity contribution in [3.63, 3.8) is 0 Å². The average molecular weight is 320 g/mol. The van der Waals surface area contributed by atoms with Crippen molar-refractivity contribution >= 4 is 16.8 Å². The second kappa shape index (κ2) is 6.07. The normalized spacial score (nSPS) is 17.5. The maximum atomic E-state index is 12.5. The first kappa shape index (κ1) is 14.9. The van der Waals surface area contributed by atoms with Crippen LogP contribution in [0.15, 0.2) is 49.1 Å². The zero-order valence-electron chi connectivity index (χ0n) is 13.7.